The van der Waals surface area contributed by atoms with E-state index in [0.717, 1.165) is 13.1 Å². The minimum atomic E-state index is -0.335. The van der Waals surface area contributed by atoms with Gasteiger partial charge in [0.25, 0.3) is 5.91 Å². The van der Waals surface area contributed by atoms with Crippen LogP contribution in [-0.2, 0) is 4.79 Å². The van der Waals surface area contributed by atoms with E-state index in [2.05, 4.69) is 29.2 Å². The van der Waals surface area contributed by atoms with Crippen molar-refractivity contribution in [3.05, 3.63) is 46.7 Å². The van der Waals surface area contributed by atoms with Gasteiger partial charge in [0.05, 0.1) is 0 Å². The fourth-order valence-electron chi connectivity index (χ4n) is 2.64. The van der Waals surface area contributed by atoms with Crippen LogP contribution in [0.4, 0.5) is 5.82 Å². The fraction of sp³-hybridized carbons (Fsp3) is 0.421. The molecule has 1 aromatic heterocycles. The van der Waals surface area contributed by atoms with E-state index in [4.69, 9.17) is 16.1 Å². The summed E-state index contributed by atoms with van der Waals surface area (Å²) in [4.78, 5) is 29.0. The summed E-state index contributed by atoms with van der Waals surface area (Å²) < 4.78 is 4.94. The summed E-state index contributed by atoms with van der Waals surface area (Å²) in [5.41, 5.74) is 0.451. The Morgan fingerprint density at radius 1 is 1.19 bits per heavy atom. The van der Waals surface area contributed by atoms with Gasteiger partial charge in [-0.25, -0.2) is 0 Å². The third-order valence-electron chi connectivity index (χ3n) is 4.17. The van der Waals surface area contributed by atoms with Crippen molar-refractivity contribution in [2.24, 2.45) is 0 Å². The van der Waals surface area contributed by atoms with Crippen molar-refractivity contribution >= 4 is 29.2 Å². The van der Waals surface area contributed by atoms with Gasteiger partial charge < -0.3 is 19.6 Å². The number of aromatic nitrogens is 1. The van der Waals surface area contributed by atoms with Gasteiger partial charge in [-0.15, -0.1) is 0 Å². The molecule has 0 aliphatic carbocycles. The van der Waals surface area contributed by atoms with Crippen molar-refractivity contribution < 1.29 is 14.1 Å². The number of hydrogen-bond acceptors (Lipinski definition) is 5. The molecule has 146 valence electrons. The maximum Gasteiger partial charge on any atom is 0.254 e. The molecule has 0 saturated heterocycles. The lowest BCUT2D eigenvalue weighted by Crippen LogP contribution is -2.42. The molecule has 0 spiro atoms. The van der Waals surface area contributed by atoms with E-state index in [9.17, 15) is 9.59 Å². The van der Waals surface area contributed by atoms with Gasteiger partial charge in [-0.3, -0.25) is 9.59 Å². The first kappa shape index (κ1) is 20.9. The zero-order valence-corrected chi connectivity index (χ0v) is 16.6. The number of carbonyl (C=O) groups is 2. The monoisotopic (exact) mass is 392 g/mol. The quantitative estimate of drug-likeness (QED) is 0.709. The number of nitrogens with one attached hydrogen (secondary N) is 1. The van der Waals surface area contributed by atoms with Crippen LogP contribution in [0.3, 0.4) is 0 Å². The Labute approximate surface area is 164 Å². The smallest absolute Gasteiger partial charge is 0.254 e. The SMILES string of the molecule is CCN(CC)CCN(CC(=O)Nc1cc(C)on1)C(=O)c1cccc(Cl)c1. The van der Waals surface area contributed by atoms with Gasteiger partial charge >= 0.3 is 0 Å². The van der Waals surface area contributed by atoms with Crippen LogP contribution in [0.1, 0.15) is 30.0 Å². The van der Waals surface area contributed by atoms with E-state index in [-0.39, 0.29) is 18.4 Å². The second kappa shape index (κ2) is 10.1. The van der Waals surface area contributed by atoms with Crippen LogP contribution >= 0.6 is 11.6 Å². The Balaban J connectivity index is 2.10. The Morgan fingerprint density at radius 3 is 2.52 bits per heavy atom. The highest BCUT2D eigenvalue weighted by atomic mass is 35.5. The number of nitrogens with zero attached hydrogens (tertiary/aromatic N) is 3. The van der Waals surface area contributed by atoms with E-state index in [0.29, 0.717) is 35.3 Å². The molecule has 2 rings (SSSR count). The molecule has 0 bridgehead atoms. The van der Waals surface area contributed by atoms with E-state index < -0.39 is 0 Å². The number of carbonyl (C=O) groups excluding carboxylic acids is 2. The summed E-state index contributed by atoms with van der Waals surface area (Å²) in [7, 11) is 0. The molecule has 1 N–H and O–H groups in total. The molecule has 27 heavy (non-hydrogen) atoms. The average Bonchev–Trinajstić information content (AvgIpc) is 3.05. The topological polar surface area (TPSA) is 78.7 Å². The highest BCUT2D eigenvalue weighted by molar-refractivity contribution is 6.31. The Bertz CT molecular complexity index is 774. The first-order valence-corrected chi connectivity index (χ1v) is 9.31. The normalized spacial score (nSPS) is 10.9. The van der Waals surface area contributed by atoms with Gasteiger partial charge in [0.1, 0.15) is 12.3 Å². The van der Waals surface area contributed by atoms with Gasteiger partial charge in [-0.1, -0.05) is 36.7 Å². The second-order valence-electron chi connectivity index (χ2n) is 6.13. The van der Waals surface area contributed by atoms with Gasteiger partial charge in [0.15, 0.2) is 5.82 Å². The summed E-state index contributed by atoms with van der Waals surface area (Å²) >= 11 is 6.00. The molecule has 1 aromatic carbocycles. The van der Waals surface area contributed by atoms with Crippen molar-refractivity contribution in [1.82, 2.24) is 15.0 Å². The number of likely N-dealkylation sites (N-methyl/N-ethyl adjacent to an activating group) is 1. The zero-order valence-electron chi connectivity index (χ0n) is 15.9. The van der Waals surface area contributed by atoms with Gasteiger partial charge in [0, 0.05) is 29.7 Å². The summed E-state index contributed by atoms with van der Waals surface area (Å²) in [5, 5.41) is 6.87. The van der Waals surface area contributed by atoms with Crippen molar-refractivity contribution in [1.29, 1.82) is 0 Å². The van der Waals surface area contributed by atoms with Crippen molar-refractivity contribution in [2.75, 3.05) is 38.0 Å². The van der Waals surface area contributed by atoms with Crippen LogP contribution in [-0.4, -0.2) is 59.5 Å². The lowest BCUT2D eigenvalue weighted by Gasteiger charge is -2.26. The molecule has 0 saturated carbocycles. The molecular weight excluding hydrogens is 368 g/mol. The maximum absolute atomic E-state index is 12.9. The van der Waals surface area contributed by atoms with Gasteiger partial charge in [-0.05, 0) is 38.2 Å². The molecule has 0 aliphatic heterocycles. The van der Waals surface area contributed by atoms with Crippen LogP contribution in [0.15, 0.2) is 34.9 Å². The molecule has 0 aliphatic rings. The van der Waals surface area contributed by atoms with E-state index in [1.165, 1.54) is 4.90 Å². The summed E-state index contributed by atoms with van der Waals surface area (Å²) in [5.74, 6) is 0.351. The van der Waals surface area contributed by atoms with Crippen LogP contribution in [0, 0.1) is 6.92 Å². The average molecular weight is 393 g/mol. The highest BCUT2D eigenvalue weighted by Gasteiger charge is 2.20. The van der Waals surface area contributed by atoms with E-state index in [1.54, 1.807) is 37.3 Å². The van der Waals surface area contributed by atoms with E-state index in [1.807, 2.05) is 0 Å². The number of halogens is 1. The minimum absolute atomic E-state index is 0.0848. The lowest BCUT2D eigenvalue weighted by molar-refractivity contribution is -0.117. The molecular formula is C19H25ClN4O3. The van der Waals surface area contributed by atoms with Crippen molar-refractivity contribution in [3.63, 3.8) is 0 Å². The molecule has 8 heteroatoms. The van der Waals surface area contributed by atoms with Crippen molar-refractivity contribution in [3.8, 4) is 0 Å². The first-order valence-electron chi connectivity index (χ1n) is 8.93. The summed E-state index contributed by atoms with van der Waals surface area (Å²) in [6.07, 6.45) is 0. The predicted molar refractivity (Wildman–Crippen MR) is 105 cm³/mol. The standard InChI is InChI=1S/C19H25ClN4O3/c1-4-23(5-2)9-10-24(19(26)15-7-6-8-16(20)12-15)13-18(25)21-17-11-14(3)27-22-17/h6-8,11-12H,4-5,9-10,13H2,1-3H3,(H,21,22,25). The van der Waals surface area contributed by atoms with Gasteiger partial charge in [-0.2, -0.15) is 0 Å². The third kappa shape index (κ3) is 6.37. The molecule has 2 amide bonds. The van der Waals surface area contributed by atoms with Crippen LogP contribution in [0.5, 0.6) is 0 Å². The van der Waals surface area contributed by atoms with Crippen LogP contribution in [0.2, 0.25) is 5.02 Å². The van der Waals surface area contributed by atoms with Crippen LogP contribution in [0.25, 0.3) is 0 Å². The number of rotatable bonds is 9. The Morgan fingerprint density at radius 2 is 1.93 bits per heavy atom. The Hall–Kier alpha value is -2.38. The third-order valence-corrected chi connectivity index (χ3v) is 4.40. The molecule has 1 heterocycles. The molecule has 0 atom stereocenters. The number of amides is 2. The second-order valence-corrected chi connectivity index (χ2v) is 6.57. The molecule has 0 radical (unpaired) electrons. The molecule has 0 unspecified atom stereocenters. The first-order chi connectivity index (χ1) is 12.9. The summed E-state index contributed by atoms with van der Waals surface area (Å²) in [6, 6.07) is 8.34. The van der Waals surface area contributed by atoms with Crippen LogP contribution < -0.4 is 5.32 Å². The highest BCUT2D eigenvalue weighted by Crippen LogP contribution is 2.13. The largest absolute Gasteiger partial charge is 0.360 e. The molecule has 0 fully saturated rings. The number of anilines is 1. The Kier molecular flexibility index (Phi) is 7.82. The van der Waals surface area contributed by atoms with Crippen molar-refractivity contribution in [2.45, 2.75) is 20.8 Å². The van der Waals surface area contributed by atoms with Gasteiger partial charge in [0.2, 0.25) is 5.91 Å². The molecule has 7 nitrogen and oxygen atoms in total. The summed E-state index contributed by atoms with van der Waals surface area (Å²) in [6.45, 7) is 8.63. The minimum Gasteiger partial charge on any atom is -0.360 e. The fourth-order valence-corrected chi connectivity index (χ4v) is 2.83. The number of benzene rings is 1. The number of hydrogen-bond donors (Lipinski definition) is 1. The lowest BCUT2D eigenvalue weighted by atomic mass is 10.2. The zero-order chi connectivity index (χ0) is 19.8. The van der Waals surface area contributed by atoms with E-state index >= 15 is 0 Å². The molecule has 2 aromatic rings. The maximum atomic E-state index is 12.9. The number of aryl methyl sites for hydroxylation is 1. The predicted octanol–water partition coefficient (Wildman–Crippen LogP) is 3.06.